The number of nitrogens with zero attached hydrogens (tertiary/aromatic N) is 5. The average Bonchev–Trinajstić information content (AvgIpc) is 3.28. The third-order valence-electron chi connectivity index (χ3n) is 6.25. The number of anilines is 2. The summed E-state index contributed by atoms with van der Waals surface area (Å²) in [5.41, 5.74) is 4.62. The number of para-hydroxylation sites is 2. The summed E-state index contributed by atoms with van der Waals surface area (Å²) in [6.07, 6.45) is 3.90. The molecule has 7 heteroatoms. The first-order valence-electron chi connectivity index (χ1n) is 10.9. The van der Waals surface area contributed by atoms with E-state index in [-0.39, 0.29) is 6.04 Å². The second-order valence-corrected chi connectivity index (χ2v) is 9.03. The van der Waals surface area contributed by atoms with Gasteiger partial charge in [0.2, 0.25) is 0 Å². The molecule has 2 aliphatic rings. The number of hydrogen-bond donors (Lipinski definition) is 1. The van der Waals surface area contributed by atoms with E-state index in [1.807, 2.05) is 0 Å². The molecule has 162 valence electrons. The lowest BCUT2D eigenvalue weighted by molar-refractivity contribution is 0.229. The number of rotatable bonds is 5. The Balaban J connectivity index is 1.44. The van der Waals surface area contributed by atoms with E-state index in [9.17, 15) is 0 Å². The smallest absolute Gasteiger partial charge is 0.134 e. The van der Waals surface area contributed by atoms with Gasteiger partial charge in [0.1, 0.15) is 5.82 Å². The molecule has 1 atom stereocenters. The maximum atomic E-state index is 6.44. The van der Waals surface area contributed by atoms with Crippen LogP contribution in [0.3, 0.4) is 0 Å². The van der Waals surface area contributed by atoms with Gasteiger partial charge in [-0.15, -0.1) is 0 Å². The molecule has 4 heterocycles. The van der Waals surface area contributed by atoms with Crippen LogP contribution in [0, 0.1) is 0 Å². The summed E-state index contributed by atoms with van der Waals surface area (Å²) in [7, 11) is 4.26. The molecule has 0 bridgehead atoms. The van der Waals surface area contributed by atoms with Gasteiger partial charge in [0.15, 0.2) is 0 Å². The molecule has 1 saturated heterocycles. The van der Waals surface area contributed by atoms with Gasteiger partial charge in [-0.05, 0) is 44.4 Å². The Labute approximate surface area is 189 Å². The first kappa shape index (κ1) is 20.4. The number of benzene rings is 1. The molecule has 0 radical (unpaired) electrons. The molecule has 2 aromatic heterocycles. The van der Waals surface area contributed by atoms with Crippen molar-refractivity contribution in [1.29, 1.82) is 0 Å². The van der Waals surface area contributed by atoms with Crippen LogP contribution < -0.4 is 10.2 Å². The Kier molecular flexibility index (Phi) is 5.61. The third-order valence-corrected chi connectivity index (χ3v) is 6.45. The van der Waals surface area contributed by atoms with Crippen LogP contribution in [0.4, 0.5) is 11.5 Å². The Morgan fingerprint density at radius 3 is 2.71 bits per heavy atom. The molecule has 2 aliphatic heterocycles. The van der Waals surface area contributed by atoms with Gasteiger partial charge in [-0.3, -0.25) is 4.90 Å². The summed E-state index contributed by atoms with van der Waals surface area (Å²) in [6.45, 7) is 6.24. The van der Waals surface area contributed by atoms with Crippen molar-refractivity contribution in [2.45, 2.75) is 6.04 Å². The van der Waals surface area contributed by atoms with Crippen molar-refractivity contribution >= 4 is 23.1 Å². The minimum atomic E-state index is -0.00197. The lowest BCUT2D eigenvalue weighted by atomic mass is 10.00. The molecule has 0 saturated carbocycles. The molecule has 31 heavy (non-hydrogen) atoms. The number of aromatic nitrogens is 2. The summed E-state index contributed by atoms with van der Waals surface area (Å²) in [4.78, 5) is 12.0. The van der Waals surface area contributed by atoms with Crippen molar-refractivity contribution in [1.82, 2.24) is 19.4 Å². The van der Waals surface area contributed by atoms with E-state index in [1.165, 1.54) is 11.4 Å². The van der Waals surface area contributed by atoms with Crippen LogP contribution in [0.5, 0.6) is 0 Å². The molecule has 0 amide bonds. The molecule has 0 spiro atoms. The highest BCUT2D eigenvalue weighted by molar-refractivity contribution is 6.30. The fraction of sp³-hybridized carbons (Fsp3) is 0.375. The maximum absolute atomic E-state index is 6.44. The number of hydrogen-bond acceptors (Lipinski definition) is 5. The van der Waals surface area contributed by atoms with E-state index in [0.717, 1.165) is 56.3 Å². The van der Waals surface area contributed by atoms with Crippen molar-refractivity contribution in [2.24, 2.45) is 0 Å². The molecule has 3 aromatic rings. The van der Waals surface area contributed by atoms with Gasteiger partial charge < -0.3 is 19.7 Å². The molecule has 1 N–H and O–H groups in total. The van der Waals surface area contributed by atoms with Crippen molar-refractivity contribution in [3.8, 4) is 5.69 Å². The van der Waals surface area contributed by atoms with Gasteiger partial charge >= 0.3 is 0 Å². The summed E-state index contributed by atoms with van der Waals surface area (Å²) >= 11 is 6.44. The van der Waals surface area contributed by atoms with Gasteiger partial charge in [-0.1, -0.05) is 23.7 Å². The predicted octanol–water partition coefficient (Wildman–Crippen LogP) is 3.72. The SMILES string of the molecule is CN(C)CCN1CCN(c2ncc(Cl)cc2C2Nc3ccccc3-n3cccc32)CC1. The van der Waals surface area contributed by atoms with E-state index in [0.29, 0.717) is 5.02 Å². The number of likely N-dealkylation sites (N-methyl/N-ethyl adjacent to an activating group) is 1. The van der Waals surface area contributed by atoms with Crippen LogP contribution >= 0.6 is 11.6 Å². The van der Waals surface area contributed by atoms with Gasteiger partial charge in [-0.2, -0.15) is 0 Å². The van der Waals surface area contributed by atoms with E-state index in [2.05, 4.69) is 87.3 Å². The largest absolute Gasteiger partial charge is 0.371 e. The zero-order valence-electron chi connectivity index (χ0n) is 18.1. The van der Waals surface area contributed by atoms with Gasteiger partial charge in [0.25, 0.3) is 0 Å². The molecule has 1 unspecified atom stereocenters. The van der Waals surface area contributed by atoms with Gasteiger partial charge in [0, 0.05) is 62.9 Å². The number of pyridine rings is 1. The first-order chi connectivity index (χ1) is 15.1. The van der Waals surface area contributed by atoms with Crippen molar-refractivity contribution in [3.05, 3.63) is 71.1 Å². The molecular formula is C24H29ClN6. The molecule has 1 fully saturated rings. The lowest BCUT2D eigenvalue weighted by Gasteiger charge is -2.38. The highest BCUT2D eigenvalue weighted by Crippen LogP contribution is 2.40. The highest BCUT2D eigenvalue weighted by Gasteiger charge is 2.30. The zero-order chi connectivity index (χ0) is 21.4. The fourth-order valence-corrected chi connectivity index (χ4v) is 4.74. The average molecular weight is 437 g/mol. The summed E-state index contributed by atoms with van der Waals surface area (Å²) in [5, 5.41) is 4.41. The molecule has 1 aromatic carbocycles. The second kappa shape index (κ2) is 8.54. The predicted molar refractivity (Wildman–Crippen MR) is 128 cm³/mol. The van der Waals surface area contributed by atoms with Crippen LogP contribution in [0.25, 0.3) is 5.69 Å². The molecular weight excluding hydrogens is 408 g/mol. The Hall–Kier alpha value is -2.54. The van der Waals surface area contributed by atoms with Gasteiger partial charge in [0.05, 0.1) is 22.4 Å². The summed E-state index contributed by atoms with van der Waals surface area (Å²) in [5.74, 6) is 1.03. The second-order valence-electron chi connectivity index (χ2n) is 8.60. The number of nitrogens with one attached hydrogen (secondary N) is 1. The van der Waals surface area contributed by atoms with E-state index >= 15 is 0 Å². The van der Waals surface area contributed by atoms with Gasteiger partial charge in [-0.25, -0.2) is 4.98 Å². The number of fused-ring (bicyclic) bond motifs is 3. The van der Waals surface area contributed by atoms with Crippen LogP contribution in [0.15, 0.2) is 54.9 Å². The number of piperazine rings is 1. The fourth-order valence-electron chi connectivity index (χ4n) is 4.57. The van der Waals surface area contributed by atoms with Crippen LogP contribution in [-0.4, -0.2) is 72.7 Å². The van der Waals surface area contributed by atoms with Crippen molar-refractivity contribution < 1.29 is 0 Å². The normalized spacial score (nSPS) is 18.6. The molecule has 5 rings (SSSR count). The van der Waals surface area contributed by atoms with Crippen molar-refractivity contribution in [2.75, 3.05) is 63.6 Å². The minimum Gasteiger partial charge on any atom is -0.371 e. The van der Waals surface area contributed by atoms with E-state index < -0.39 is 0 Å². The first-order valence-corrected chi connectivity index (χ1v) is 11.3. The quantitative estimate of drug-likeness (QED) is 0.660. The monoisotopic (exact) mass is 436 g/mol. The minimum absolute atomic E-state index is 0.00197. The van der Waals surface area contributed by atoms with Crippen LogP contribution in [0.1, 0.15) is 17.3 Å². The molecule has 6 nitrogen and oxygen atoms in total. The maximum Gasteiger partial charge on any atom is 0.134 e. The zero-order valence-corrected chi connectivity index (χ0v) is 18.9. The lowest BCUT2D eigenvalue weighted by Crippen LogP contribution is -2.48. The third kappa shape index (κ3) is 4.03. The summed E-state index contributed by atoms with van der Waals surface area (Å²) < 4.78 is 2.26. The van der Waals surface area contributed by atoms with Crippen LogP contribution in [0.2, 0.25) is 5.02 Å². The Morgan fingerprint density at radius 1 is 1.10 bits per heavy atom. The topological polar surface area (TPSA) is 39.6 Å². The Morgan fingerprint density at radius 2 is 1.90 bits per heavy atom. The van der Waals surface area contributed by atoms with E-state index in [1.54, 1.807) is 6.20 Å². The van der Waals surface area contributed by atoms with Crippen molar-refractivity contribution in [3.63, 3.8) is 0 Å². The Bertz CT molecular complexity index is 1050. The molecule has 0 aliphatic carbocycles. The van der Waals surface area contributed by atoms with Crippen LogP contribution in [-0.2, 0) is 0 Å². The summed E-state index contributed by atoms with van der Waals surface area (Å²) in [6, 6.07) is 14.8. The van der Waals surface area contributed by atoms with E-state index in [4.69, 9.17) is 16.6 Å². The highest BCUT2D eigenvalue weighted by atomic mass is 35.5. The standard InChI is InChI=1S/C24H29ClN6/c1-28(2)10-11-29-12-14-30(15-13-29)24-19(16-18(25)17-26-24)23-22-8-5-9-31(22)21-7-4-3-6-20(21)27-23/h3-9,16-17,23,27H,10-15H2,1-2H3. The number of halogens is 1.